The van der Waals surface area contributed by atoms with E-state index in [0.29, 0.717) is 11.3 Å². The number of ether oxygens (including phenoxy) is 1. The van der Waals surface area contributed by atoms with E-state index in [1.807, 2.05) is 0 Å². The molecule has 90 valence electrons. The monoisotopic (exact) mass is 229 g/mol. The van der Waals surface area contributed by atoms with Crippen LogP contribution in [0.5, 0.6) is 0 Å². The van der Waals surface area contributed by atoms with Crippen molar-refractivity contribution in [3.05, 3.63) is 11.3 Å². The summed E-state index contributed by atoms with van der Waals surface area (Å²) in [6.07, 6.45) is -2.84. The maximum absolute atomic E-state index is 10.9. The molecule has 0 aliphatic heterocycles. The molecule has 0 fully saturated rings. The molecule has 1 heterocycles. The van der Waals surface area contributed by atoms with Crippen molar-refractivity contribution >= 4 is 11.8 Å². The highest BCUT2D eigenvalue weighted by Gasteiger charge is 2.26. The Bertz CT molecular complexity index is 357. The summed E-state index contributed by atoms with van der Waals surface area (Å²) in [6, 6.07) is 0. The lowest BCUT2D eigenvalue weighted by atomic mass is 10.0. The van der Waals surface area contributed by atoms with Gasteiger partial charge >= 0.3 is 5.97 Å². The number of rotatable bonds is 4. The summed E-state index contributed by atoms with van der Waals surface area (Å²) < 4.78 is 4.38. The molecule has 0 bridgehead atoms. The number of aliphatic hydroxyl groups excluding tert-OH is 2. The molecule has 0 saturated heterocycles. The van der Waals surface area contributed by atoms with Crippen molar-refractivity contribution in [2.24, 2.45) is 0 Å². The predicted molar refractivity (Wildman–Crippen MR) is 55.3 cm³/mol. The van der Waals surface area contributed by atoms with Gasteiger partial charge < -0.3 is 20.7 Å². The van der Waals surface area contributed by atoms with E-state index >= 15 is 0 Å². The van der Waals surface area contributed by atoms with E-state index in [9.17, 15) is 15.0 Å². The Hall–Kier alpha value is -1.60. The minimum atomic E-state index is -1.27. The fourth-order valence-corrected chi connectivity index (χ4v) is 1.39. The first-order valence-electron chi connectivity index (χ1n) is 4.70. The van der Waals surface area contributed by atoms with Crippen LogP contribution < -0.4 is 5.73 Å². The number of nitrogens with zero attached hydrogens (tertiary/aromatic N) is 1. The van der Waals surface area contributed by atoms with Crippen molar-refractivity contribution in [3.8, 4) is 0 Å². The lowest BCUT2D eigenvalue weighted by molar-refractivity contribution is -0.144. The third-order valence-corrected chi connectivity index (χ3v) is 2.29. The second kappa shape index (κ2) is 4.95. The molecule has 0 amide bonds. The first-order chi connectivity index (χ1) is 7.47. The molecule has 0 radical (unpaired) electrons. The Kier molecular flexibility index (Phi) is 3.86. The molecule has 1 aromatic heterocycles. The Balaban J connectivity index is 2.78. The molecule has 7 nitrogen and oxygen atoms in total. The van der Waals surface area contributed by atoms with E-state index in [1.54, 1.807) is 6.92 Å². The van der Waals surface area contributed by atoms with Gasteiger partial charge in [-0.1, -0.05) is 0 Å². The van der Waals surface area contributed by atoms with Gasteiger partial charge in [0.1, 0.15) is 6.10 Å². The van der Waals surface area contributed by atoms with Crippen molar-refractivity contribution in [2.75, 3.05) is 12.8 Å². The topological polar surface area (TPSA) is 121 Å². The average Bonchev–Trinajstić information content (AvgIpc) is 2.57. The molecule has 0 aliphatic carbocycles. The number of methoxy groups -OCH3 is 1. The Morgan fingerprint density at radius 1 is 1.62 bits per heavy atom. The zero-order valence-corrected chi connectivity index (χ0v) is 9.10. The van der Waals surface area contributed by atoms with E-state index in [1.165, 1.54) is 7.11 Å². The van der Waals surface area contributed by atoms with Gasteiger partial charge in [0.2, 0.25) is 0 Å². The molecule has 0 spiro atoms. The van der Waals surface area contributed by atoms with Crippen LogP contribution in [0.3, 0.4) is 0 Å². The number of aliphatic hydroxyl groups is 2. The lowest BCUT2D eigenvalue weighted by Gasteiger charge is -2.16. The first-order valence-corrected chi connectivity index (χ1v) is 4.70. The largest absolute Gasteiger partial charge is 0.469 e. The fourth-order valence-electron chi connectivity index (χ4n) is 1.39. The van der Waals surface area contributed by atoms with Crippen LogP contribution in [-0.2, 0) is 9.53 Å². The summed E-state index contributed by atoms with van der Waals surface area (Å²) in [5.41, 5.74) is 6.37. The quantitative estimate of drug-likeness (QED) is 0.504. The summed E-state index contributed by atoms with van der Waals surface area (Å²) >= 11 is 0. The van der Waals surface area contributed by atoms with Gasteiger partial charge in [-0.25, -0.2) is 0 Å². The van der Waals surface area contributed by atoms with Crippen molar-refractivity contribution in [1.82, 2.24) is 10.2 Å². The summed E-state index contributed by atoms with van der Waals surface area (Å²) in [5.74, 6) is -0.500. The van der Waals surface area contributed by atoms with Crippen LogP contribution in [0.15, 0.2) is 0 Å². The minimum Gasteiger partial charge on any atom is -0.469 e. The number of carbonyl (C=O) groups is 1. The normalized spacial score (nSPS) is 14.5. The average molecular weight is 229 g/mol. The molecular weight excluding hydrogens is 214 g/mol. The zero-order chi connectivity index (χ0) is 12.3. The van der Waals surface area contributed by atoms with Crippen molar-refractivity contribution in [3.63, 3.8) is 0 Å². The molecule has 16 heavy (non-hydrogen) atoms. The molecule has 1 aromatic rings. The molecule has 2 unspecified atom stereocenters. The number of esters is 1. The van der Waals surface area contributed by atoms with Crippen molar-refractivity contribution in [2.45, 2.75) is 25.6 Å². The SMILES string of the molecule is COC(=O)CC(O)C(O)c1c(N)n[nH]c1C. The van der Waals surface area contributed by atoms with Gasteiger partial charge in [-0.05, 0) is 6.92 Å². The number of aryl methyl sites for hydroxylation is 1. The second-order valence-electron chi connectivity index (χ2n) is 3.44. The van der Waals surface area contributed by atoms with E-state index in [-0.39, 0.29) is 12.2 Å². The summed E-state index contributed by atoms with van der Waals surface area (Å²) in [7, 11) is 1.21. The van der Waals surface area contributed by atoms with Gasteiger partial charge in [0, 0.05) is 11.3 Å². The third kappa shape index (κ3) is 2.50. The van der Waals surface area contributed by atoms with E-state index in [0.717, 1.165) is 0 Å². The Morgan fingerprint density at radius 2 is 2.25 bits per heavy atom. The molecule has 0 aromatic carbocycles. The highest BCUT2D eigenvalue weighted by atomic mass is 16.5. The minimum absolute atomic E-state index is 0.105. The number of anilines is 1. The van der Waals surface area contributed by atoms with Crippen LogP contribution in [0.1, 0.15) is 23.8 Å². The number of aromatic nitrogens is 2. The molecule has 0 aliphatic rings. The molecule has 2 atom stereocenters. The van der Waals surface area contributed by atoms with Gasteiger partial charge in [0.25, 0.3) is 0 Å². The lowest BCUT2D eigenvalue weighted by Crippen LogP contribution is -2.23. The smallest absolute Gasteiger partial charge is 0.308 e. The third-order valence-electron chi connectivity index (χ3n) is 2.29. The van der Waals surface area contributed by atoms with Crippen LogP contribution in [0.2, 0.25) is 0 Å². The fraction of sp³-hybridized carbons (Fsp3) is 0.556. The number of nitrogens with two attached hydrogens (primary N) is 1. The van der Waals surface area contributed by atoms with Crippen LogP contribution in [0.4, 0.5) is 5.82 Å². The standard InChI is InChI=1S/C9H15N3O4/c1-4-7(9(10)12-11-4)8(15)5(13)3-6(14)16-2/h5,8,13,15H,3H2,1-2H3,(H3,10,11,12). The van der Waals surface area contributed by atoms with Gasteiger partial charge in [0.15, 0.2) is 5.82 Å². The molecule has 5 N–H and O–H groups in total. The number of nitrogens with one attached hydrogen (secondary N) is 1. The maximum Gasteiger partial charge on any atom is 0.308 e. The van der Waals surface area contributed by atoms with Gasteiger partial charge in [0.05, 0.1) is 19.6 Å². The first kappa shape index (κ1) is 12.5. The molecular formula is C9H15N3O4. The molecule has 7 heteroatoms. The molecule has 1 rings (SSSR count). The maximum atomic E-state index is 10.9. The Morgan fingerprint density at radius 3 is 2.69 bits per heavy atom. The highest BCUT2D eigenvalue weighted by Crippen LogP contribution is 2.25. The van der Waals surface area contributed by atoms with Gasteiger partial charge in [-0.15, -0.1) is 0 Å². The van der Waals surface area contributed by atoms with Crippen LogP contribution in [0.25, 0.3) is 0 Å². The number of hydrogen-bond donors (Lipinski definition) is 4. The number of carbonyl (C=O) groups excluding carboxylic acids is 1. The van der Waals surface area contributed by atoms with E-state index < -0.39 is 18.2 Å². The number of aromatic amines is 1. The van der Waals surface area contributed by atoms with Gasteiger partial charge in [-0.2, -0.15) is 5.10 Å². The number of H-pyrrole nitrogens is 1. The summed E-state index contributed by atoms with van der Waals surface area (Å²) in [5, 5.41) is 25.6. The number of nitrogen functional groups attached to an aromatic ring is 1. The van der Waals surface area contributed by atoms with E-state index in [2.05, 4.69) is 14.9 Å². The Labute approximate surface area is 92.2 Å². The summed E-state index contributed by atoms with van der Waals surface area (Å²) in [6.45, 7) is 1.66. The van der Waals surface area contributed by atoms with Crippen LogP contribution >= 0.6 is 0 Å². The molecule has 0 saturated carbocycles. The zero-order valence-electron chi connectivity index (χ0n) is 9.10. The van der Waals surface area contributed by atoms with Crippen molar-refractivity contribution in [1.29, 1.82) is 0 Å². The number of hydrogen-bond acceptors (Lipinski definition) is 6. The van der Waals surface area contributed by atoms with Crippen LogP contribution in [-0.4, -0.2) is 39.6 Å². The van der Waals surface area contributed by atoms with Crippen molar-refractivity contribution < 1.29 is 19.7 Å². The van der Waals surface area contributed by atoms with Crippen LogP contribution in [0, 0.1) is 6.92 Å². The second-order valence-corrected chi connectivity index (χ2v) is 3.44. The van der Waals surface area contributed by atoms with Gasteiger partial charge in [-0.3, -0.25) is 9.89 Å². The van der Waals surface area contributed by atoms with E-state index in [4.69, 9.17) is 5.73 Å². The predicted octanol–water partition coefficient (Wildman–Crippen LogP) is -0.742. The highest BCUT2D eigenvalue weighted by molar-refractivity contribution is 5.70. The summed E-state index contributed by atoms with van der Waals surface area (Å²) in [4.78, 5) is 10.9.